The van der Waals surface area contributed by atoms with Crippen molar-refractivity contribution < 1.29 is 9.90 Å². The van der Waals surface area contributed by atoms with Gasteiger partial charge in [0.2, 0.25) is 0 Å². The van der Waals surface area contributed by atoms with Gasteiger partial charge in [0.05, 0.1) is 5.56 Å². The van der Waals surface area contributed by atoms with Crippen molar-refractivity contribution in [3.05, 3.63) is 70.8 Å². The van der Waals surface area contributed by atoms with Crippen molar-refractivity contribution in [2.75, 3.05) is 0 Å². The first-order chi connectivity index (χ1) is 9.22. The number of fused-ring (bicyclic) bond motifs is 1. The molecule has 3 nitrogen and oxygen atoms in total. The highest BCUT2D eigenvalue weighted by Crippen LogP contribution is 2.24. The van der Waals surface area contributed by atoms with Gasteiger partial charge in [-0.1, -0.05) is 36.4 Å². The van der Waals surface area contributed by atoms with Crippen LogP contribution in [0.15, 0.2) is 48.5 Å². The van der Waals surface area contributed by atoms with E-state index < -0.39 is 5.97 Å². The Morgan fingerprint density at radius 3 is 2.37 bits per heavy atom. The first-order valence-corrected chi connectivity index (χ1v) is 6.34. The lowest BCUT2D eigenvalue weighted by atomic mass is 10.1. The van der Waals surface area contributed by atoms with E-state index in [1.807, 2.05) is 12.1 Å². The number of rotatable bonds is 3. The monoisotopic (exact) mass is 253 g/mol. The van der Waals surface area contributed by atoms with E-state index >= 15 is 0 Å². The quantitative estimate of drug-likeness (QED) is 0.914. The molecule has 1 heterocycles. The second kappa shape index (κ2) is 4.86. The normalized spacial score (nSPS) is 14.3. The molecule has 1 aliphatic heterocycles. The number of hydrogen-bond acceptors (Lipinski definition) is 2. The van der Waals surface area contributed by atoms with Crippen LogP contribution in [0.3, 0.4) is 0 Å². The van der Waals surface area contributed by atoms with Crippen molar-refractivity contribution in [2.24, 2.45) is 0 Å². The summed E-state index contributed by atoms with van der Waals surface area (Å²) in [4.78, 5) is 13.3. The molecule has 0 radical (unpaired) electrons. The second-order valence-corrected chi connectivity index (χ2v) is 4.92. The van der Waals surface area contributed by atoms with Crippen LogP contribution in [0.1, 0.15) is 27.0 Å². The number of nitrogens with zero attached hydrogens (tertiary/aromatic N) is 1. The third kappa shape index (κ3) is 2.51. The molecule has 3 rings (SSSR count). The van der Waals surface area contributed by atoms with Gasteiger partial charge in [-0.15, -0.1) is 0 Å². The molecule has 96 valence electrons. The first kappa shape index (κ1) is 11.9. The molecule has 0 saturated heterocycles. The smallest absolute Gasteiger partial charge is 0.335 e. The minimum Gasteiger partial charge on any atom is -0.478 e. The van der Waals surface area contributed by atoms with Crippen LogP contribution >= 0.6 is 0 Å². The molecular formula is C16H15NO2. The highest BCUT2D eigenvalue weighted by Gasteiger charge is 2.18. The van der Waals surface area contributed by atoms with Gasteiger partial charge in [0.15, 0.2) is 0 Å². The fourth-order valence-corrected chi connectivity index (χ4v) is 2.58. The largest absolute Gasteiger partial charge is 0.478 e. The summed E-state index contributed by atoms with van der Waals surface area (Å²) in [6, 6.07) is 15.6. The molecule has 0 aliphatic carbocycles. The first-order valence-electron chi connectivity index (χ1n) is 6.34. The summed E-state index contributed by atoms with van der Waals surface area (Å²) >= 11 is 0. The molecule has 0 unspecified atom stereocenters. The second-order valence-electron chi connectivity index (χ2n) is 4.92. The third-order valence-corrected chi connectivity index (χ3v) is 3.49. The van der Waals surface area contributed by atoms with Gasteiger partial charge >= 0.3 is 5.97 Å². The average molecular weight is 253 g/mol. The topological polar surface area (TPSA) is 40.5 Å². The Kier molecular flexibility index (Phi) is 3.05. The minimum absolute atomic E-state index is 0.356. The predicted octanol–water partition coefficient (Wildman–Crippen LogP) is 2.90. The van der Waals surface area contributed by atoms with Crippen molar-refractivity contribution in [3.8, 4) is 0 Å². The third-order valence-electron chi connectivity index (χ3n) is 3.49. The molecule has 0 spiro atoms. The molecular weight excluding hydrogens is 238 g/mol. The molecule has 0 aromatic heterocycles. The van der Waals surface area contributed by atoms with E-state index in [0.717, 1.165) is 25.2 Å². The molecule has 3 heteroatoms. The van der Waals surface area contributed by atoms with Gasteiger partial charge in [-0.05, 0) is 28.8 Å². The Hall–Kier alpha value is -2.13. The fourth-order valence-electron chi connectivity index (χ4n) is 2.58. The van der Waals surface area contributed by atoms with Gasteiger partial charge in [0.1, 0.15) is 0 Å². The number of benzene rings is 2. The molecule has 0 amide bonds. The highest BCUT2D eigenvalue weighted by molar-refractivity contribution is 5.87. The van der Waals surface area contributed by atoms with Crippen LogP contribution < -0.4 is 0 Å². The maximum Gasteiger partial charge on any atom is 0.335 e. The Balaban J connectivity index is 1.74. The van der Waals surface area contributed by atoms with Crippen LogP contribution in [0.4, 0.5) is 0 Å². The van der Waals surface area contributed by atoms with Crippen molar-refractivity contribution in [2.45, 2.75) is 19.6 Å². The van der Waals surface area contributed by atoms with Crippen molar-refractivity contribution >= 4 is 5.97 Å². The van der Waals surface area contributed by atoms with Crippen LogP contribution in [0.5, 0.6) is 0 Å². The summed E-state index contributed by atoms with van der Waals surface area (Å²) in [5.74, 6) is -0.869. The molecule has 0 fully saturated rings. The SMILES string of the molecule is O=C(O)c1cccc(CN2Cc3ccccc3C2)c1. The Morgan fingerprint density at radius 1 is 1.05 bits per heavy atom. The number of carboxylic acids is 1. The Bertz CT molecular complexity index is 597. The van der Waals surface area contributed by atoms with Crippen molar-refractivity contribution in [1.29, 1.82) is 0 Å². The summed E-state index contributed by atoms with van der Waals surface area (Å²) in [6.45, 7) is 2.66. The van der Waals surface area contributed by atoms with Crippen LogP contribution in [0.25, 0.3) is 0 Å². The zero-order valence-electron chi connectivity index (χ0n) is 10.5. The van der Waals surface area contributed by atoms with E-state index in [-0.39, 0.29) is 0 Å². The van der Waals surface area contributed by atoms with Gasteiger partial charge in [0.25, 0.3) is 0 Å². The lowest BCUT2D eigenvalue weighted by molar-refractivity contribution is 0.0696. The summed E-state index contributed by atoms with van der Waals surface area (Å²) in [6.07, 6.45) is 0. The molecule has 19 heavy (non-hydrogen) atoms. The Labute approximate surface area is 112 Å². The van der Waals surface area contributed by atoms with E-state index in [2.05, 4.69) is 29.2 Å². The maximum absolute atomic E-state index is 11.0. The fraction of sp³-hybridized carbons (Fsp3) is 0.188. The summed E-state index contributed by atoms with van der Waals surface area (Å²) in [7, 11) is 0. The lowest BCUT2D eigenvalue weighted by Gasteiger charge is -2.15. The summed E-state index contributed by atoms with van der Waals surface area (Å²) in [5.41, 5.74) is 4.15. The zero-order valence-corrected chi connectivity index (χ0v) is 10.5. The minimum atomic E-state index is -0.869. The van der Waals surface area contributed by atoms with Gasteiger partial charge in [-0.25, -0.2) is 4.79 Å². The van der Waals surface area contributed by atoms with Crippen LogP contribution in [0.2, 0.25) is 0 Å². The zero-order chi connectivity index (χ0) is 13.2. The molecule has 1 aliphatic rings. The van der Waals surface area contributed by atoms with E-state index in [9.17, 15) is 4.79 Å². The molecule has 2 aromatic rings. The van der Waals surface area contributed by atoms with Crippen molar-refractivity contribution in [3.63, 3.8) is 0 Å². The lowest BCUT2D eigenvalue weighted by Crippen LogP contribution is -2.15. The van der Waals surface area contributed by atoms with Gasteiger partial charge in [-0.3, -0.25) is 4.90 Å². The van der Waals surface area contributed by atoms with Gasteiger partial charge < -0.3 is 5.11 Å². The highest BCUT2D eigenvalue weighted by atomic mass is 16.4. The summed E-state index contributed by atoms with van der Waals surface area (Å²) < 4.78 is 0. The standard InChI is InChI=1S/C16H15NO2/c18-16(19)13-7-3-4-12(8-13)9-17-10-14-5-1-2-6-15(14)11-17/h1-8H,9-11H2,(H,18,19). The molecule has 1 N–H and O–H groups in total. The van der Waals surface area contributed by atoms with Crippen molar-refractivity contribution in [1.82, 2.24) is 4.90 Å². The number of hydrogen-bond donors (Lipinski definition) is 1. The number of carboxylic acid groups (broad SMARTS) is 1. The van der Waals surface area contributed by atoms with Gasteiger partial charge in [-0.2, -0.15) is 0 Å². The molecule has 0 saturated carbocycles. The molecule has 0 bridgehead atoms. The van der Waals surface area contributed by atoms with Crippen LogP contribution in [-0.2, 0) is 19.6 Å². The van der Waals surface area contributed by atoms with Gasteiger partial charge in [0, 0.05) is 19.6 Å². The average Bonchev–Trinajstić information content (AvgIpc) is 2.81. The molecule has 2 aromatic carbocycles. The molecule has 0 atom stereocenters. The van der Waals surface area contributed by atoms with E-state index in [1.54, 1.807) is 12.1 Å². The van der Waals surface area contributed by atoms with E-state index in [0.29, 0.717) is 5.56 Å². The predicted molar refractivity (Wildman–Crippen MR) is 72.8 cm³/mol. The number of aromatic carboxylic acids is 1. The van der Waals surface area contributed by atoms with E-state index in [4.69, 9.17) is 5.11 Å². The number of carbonyl (C=O) groups is 1. The summed E-state index contributed by atoms with van der Waals surface area (Å²) in [5, 5.41) is 9.00. The maximum atomic E-state index is 11.0. The Morgan fingerprint density at radius 2 is 1.74 bits per heavy atom. The van der Waals surface area contributed by atoms with Crippen LogP contribution in [0, 0.1) is 0 Å². The van der Waals surface area contributed by atoms with Crippen LogP contribution in [-0.4, -0.2) is 16.0 Å². The van der Waals surface area contributed by atoms with E-state index in [1.165, 1.54) is 11.1 Å².